The van der Waals surface area contributed by atoms with Crippen molar-refractivity contribution in [1.29, 1.82) is 0 Å². The average Bonchev–Trinajstić information content (AvgIpc) is 2.51. The van der Waals surface area contributed by atoms with Gasteiger partial charge in [-0.25, -0.2) is 4.99 Å². The molecule has 0 fully saturated rings. The summed E-state index contributed by atoms with van der Waals surface area (Å²) in [5, 5.41) is 10.7. The van der Waals surface area contributed by atoms with Gasteiger partial charge in [-0.1, -0.05) is 65.8 Å². The molecule has 0 saturated heterocycles. The molecule has 0 heterocycles. The number of alkyl halides is 3. The zero-order valence-electron chi connectivity index (χ0n) is 16.6. The van der Waals surface area contributed by atoms with E-state index >= 15 is 0 Å². The Morgan fingerprint density at radius 2 is 1.41 bits per heavy atom. The van der Waals surface area contributed by atoms with Gasteiger partial charge >= 0.3 is 6.18 Å². The summed E-state index contributed by atoms with van der Waals surface area (Å²) >= 11 is 0. The van der Waals surface area contributed by atoms with Crippen molar-refractivity contribution < 1.29 is 18.3 Å². The Bertz CT molecular complexity index is 839. The van der Waals surface area contributed by atoms with Gasteiger partial charge in [0.15, 0.2) is 5.71 Å². The Morgan fingerprint density at radius 3 is 1.85 bits per heavy atom. The summed E-state index contributed by atoms with van der Waals surface area (Å²) in [6.07, 6.45) is -4.71. The molecule has 0 unspecified atom stereocenters. The summed E-state index contributed by atoms with van der Waals surface area (Å²) in [5.41, 5.74) is -0.926. The quantitative estimate of drug-likeness (QED) is 0.582. The SMILES string of the molecule is CC(C)(C)c1cc(C(=Nc2ccccc2)C(F)(F)F)c(O)c(C(C)(C)C)c1. The molecule has 2 rings (SSSR count). The molecule has 0 radical (unpaired) electrons. The lowest BCUT2D eigenvalue weighted by Crippen LogP contribution is -2.26. The molecule has 0 aliphatic rings. The van der Waals surface area contributed by atoms with E-state index in [0.717, 1.165) is 0 Å². The van der Waals surface area contributed by atoms with Crippen LogP contribution in [0.2, 0.25) is 0 Å². The molecule has 2 nitrogen and oxygen atoms in total. The first kappa shape index (κ1) is 21.0. The number of halogens is 3. The zero-order chi connectivity index (χ0) is 20.6. The fraction of sp³-hybridized carbons (Fsp3) is 0.409. The van der Waals surface area contributed by atoms with E-state index in [4.69, 9.17) is 0 Å². The van der Waals surface area contributed by atoms with Crippen LogP contribution in [0, 0.1) is 0 Å². The number of para-hydroxylation sites is 1. The molecule has 5 heteroatoms. The van der Waals surface area contributed by atoms with E-state index in [2.05, 4.69) is 4.99 Å². The Kier molecular flexibility index (Phi) is 5.46. The number of phenolic OH excluding ortho intramolecular Hbond substituents is 1. The first-order valence-corrected chi connectivity index (χ1v) is 8.80. The van der Waals surface area contributed by atoms with Gasteiger partial charge in [-0.2, -0.15) is 13.2 Å². The number of rotatable bonds is 2. The van der Waals surface area contributed by atoms with Crippen LogP contribution >= 0.6 is 0 Å². The maximum atomic E-state index is 13.9. The van der Waals surface area contributed by atoms with Crippen molar-refractivity contribution >= 4 is 11.4 Å². The maximum Gasteiger partial charge on any atom is 0.434 e. The lowest BCUT2D eigenvalue weighted by molar-refractivity contribution is -0.0581. The van der Waals surface area contributed by atoms with Crippen LogP contribution in [0.5, 0.6) is 5.75 Å². The number of phenols is 1. The van der Waals surface area contributed by atoms with Crippen molar-refractivity contribution in [2.24, 2.45) is 4.99 Å². The first-order chi connectivity index (χ1) is 12.2. The van der Waals surface area contributed by atoms with Crippen LogP contribution in [0.3, 0.4) is 0 Å². The molecular formula is C22H26F3NO. The van der Waals surface area contributed by atoms with Crippen LogP contribution in [-0.2, 0) is 10.8 Å². The topological polar surface area (TPSA) is 32.6 Å². The van der Waals surface area contributed by atoms with Crippen molar-refractivity contribution in [3.05, 3.63) is 59.2 Å². The summed E-state index contributed by atoms with van der Waals surface area (Å²) in [4.78, 5) is 3.84. The van der Waals surface area contributed by atoms with E-state index in [-0.39, 0.29) is 22.4 Å². The highest BCUT2D eigenvalue weighted by Crippen LogP contribution is 2.40. The third-order valence-electron chi connectivity index (χ3n) is 4.30. The van der Waals surface area contributed by atoms with Crippen molar-refractivity contribution in [2.45, 2.75) is 58.5 Å². The van der Waals surface area contributed by atoms with Crippen LogP contribution in [0.15, 0.2) is 47.5 Å². The molecule has 0 amide bonds. The predicted molar refractivity (Wildman–Crippen MR) is 104 cm³/mol. The average molecular weight is 377 g/mol. The van der Waals surface area contributed by atoms with Gasteiger partial charge in [-0.05, 0) is 34.6 Å². The summed E-state index contributed by atoms with van der Waals surface area (Å²) in [6.45, 7) is 11.4. The van der Waals surface area contributed by atoms with Crippen LogP contribution in [0.4, 0.5) is 18.9 Å². The Labute approximate surface area is 158 Å². The standard InChI is InChI=1S/C22H26F3NO/c1-20(2,3)14-12-16(18(27)17(13-14)21(4,5)6)19(22(23,24)25)26-15-10-8-7-9-11-15/h7-13,27H,1-6H3. The third kappa shape index (κ3) is 4.90. The minimum atomic E-state index is -4.71. The number of aromatic hydroxyl groups is 1. The largest absolute Gasteiger partial charge is 0.507 e. The Morgan fingerprint density at radius 1 is 0.852 bits per heavy atom. The smallest absolute Gasteiger partial charge is 0.434 e. The van der Waals surface area contributed by atoms with Gasteiger partial charge in [0.25, 0.3) is 0 Å². The summed E-state index contributed by atoms with van der Waals surface area (Å²) < 4.78 is 41.7. The van der Waals surface area contributed by atoms with Crippen molar-refractivity contribution in [1.82, 2.24) is 0 Å². The number of benzene rings is 2. The van der Waals surface area contributed by atoms with Gasteiger partial charge in [0.1, 0.15) is 5.75 Å². The normalized spacial score (nSPS) is 13.7. The highest BCUT2D eigenvalue weighted by atomic mass is 19.4. The molecule has 0 atom stereocenters. The molecule has 0 bridgehead atoms. The maximum absolute atomic E-state index is 13.9. The van der Waals surface area contributed by atoms with Gasteiger partial charge in [0, 0.05) is 11.1 Å². The van der Waals surface area contributed by atoms with Gasteiger partial charge < -0.3 is 5.11 Å². The highest BCUT2D eigenvalue weighted by molar-refractivity contribution is 6.08. The zero-order valence-corrected chi connectivity index (χ0v) is 16.6. The number of hydrogen-bond donors (Lipinski definition) is 1. The fourth-order valence-electron chi connectivity index (χ4n) is 2.73. The van der Waals surface area contributed by atoms with Crippen LogP contribution in [0.1, 0.15) is 58.2 Å². The number of nitrogens with zero attached hydrogens (tertiary/aromatic N) is 1. The summed E-state index contributed by atoms with van der Waals surface area (Å²) in [7, 11) is 0. The second kappa shape index (κ2) is 7.02. The first-order valence-electron chi connectivity index (χ1n) is 8.80. The minimum absolute atomic E-state index is 0.183. The number of hydrogen-bond acceptors (Lipinski definition) is 2. The second-order valence-electron chi connectivity index (χ2n) is 8.71. The predicted octanol–water partition coefficient (Wildman–Crippen LogP) is 6.67. The van der Waals surface area contributed by atoms with E-state index < -0.39 is 17.3 Å². The fourth-order valence-corrected chi connectivity index (χ4v) is 2.73. The van der Waals surface area contributed by atoms with E-state index in [9.17, 15) is 18.3 Å². The molecule has 0 aliphatic heterocycles. The van der Waals surface area contributed by atoms with Gasteiger partial charge in [0.2, 0.25) is 0 Å². The van der Waals surface area contributed by atoms with E-state index in [1.165, 1.54) is 18.2 Å². The molecule has 0 saturated carbocycles. The van der Waals surface area contributed by atoms with Gasteiger partial charge in [-0.3, -0.25) is 0 Å². The molecule has 0 spiro atoms. The van der Waals surface area contributed by atoms with E-state index in [1.807, 2.05) is 41.5 Å². The second-order valence-corrected chi connectivity index (χ2v) is 8.71. The summed E-state index contributed by atoms with van der Waals surface area (Å²) in [6, 6.07) is 11.1. The molecule has 0 aliphatic carbocycles. The Hall–Kier alpha value is -2.30. The molecule has 2 aromatic carbocycles. The van der Waals surface area contributed by atoms with Gasteiger partial charge in [-0.15, -0.1) is 0 Å². The third-order valence-corrected chi connectivity index (χ3v) is 4.30. The molecule has 146 valence electrons. The summed E-state index contributed by atoms with van der Waals surface area (Å²) in [5.74, 6) is -0.373. The molecule has 2 aromatic rings. The Balaban J connectivity index is 2.85. The van der Waals surface area contributed by atoms with Crippen molar-refractivity contribution in [2.75, 3.05) is 0 Å². The van der Waals surface area contributed by atoms with Crippen LogP contribution in [0.25, 0.3) is 0 Å². The van der Waals surface area contributed by atoms with Crippen LogP contribution in [-0.4, -0.2) is 17.0 Å². The van der Waals surface area contributed by atoms with Crippen molar-refractivity contribution in [3.63, 3.8) is 0 Å². The molecular weight excluding hydrogens is 351 g/mol. The van der Waals surface area contributed by atoms with Crippen molar-refractivity contribution in [3.8, 4) is 5.75 Å². The highest BCUT2D eigenvalue weighted by Gasteiger charge is 2.40. The molecule has 1 N–H and O–H groups in total. The van der Waals surface area contributed by atoms with Gasteiger partial charge in [0.05, 0.1) is 5.69 Å². The van der Waals surface area contributed by atoms with E-state index in [1.54, 1.807) is 24.3 Å². The monoisotopic (exact) mass is 377 g/mol. The van der Waals surface area contributed by atoms with E-state index in [0.29, 0.717) is 11.1 Å². The lowest BCUT2D eigenvalue weighted by Gasteiger charge is -2.28. The molecule has 0 aromatic heterocycles. The lowest BCUT2D eigenvalue weighted by atomic mass is 9.78. The molecule has 27 heavy (non-hydrogen) atoms. The minimum Gasteiger partial charge on any atom is -0.507 e. The number of aliphatic imine (C=N–C) groups is 1. The van der Waals surface area contributed by atoms with Crippen LogP contribution < -0.4 is 0 Å².